The zero-order valence-corrected chi connectivity index (χ0v) is 11.3. The molecule has 16 heavy (non-hydrogen) atoms. The summed E-state index contributed by atoms with van der Waals surface area (Å²) in [4.78, 5) is 0. The summed E-state index contributed by atoms with van der Waals surface area (Å²) in [5.41, 5.74) is 0. The molecule has 1 aliphatic rings. The molecule has 0 amide bonds. The highest BCUT2D eigenvalue weighted by molar-refractivity contribution is 9.10. The molecule has 0 radical (unpaired) electrons. The number of ether oxygens (including phenoxy) is 1. The molecule has 0 saturated carbocycles. The first-order valence-electron chi connectivity index (χ1n) is 5.82. The van der Waals surface area contributed by atoms with Crippen molar-refractivity contribution in [2.75, 3.05) is 13.2 Å². The van der Waals surface area contributed by atoms with Gasteiger partial charge in [0.25, 0.3) is 0 Å². The van der Waals surface area contributed by atoms with Gasteiger partial charge in [-0.25, -0.2) is 0 Å². The van der Waals surface area contributed by atoms with Crippen LogP contribution in [0, 0.1) is 5.92 Å². The normalized spacial score (nSPS) is 27.2. The fourth-order valence-corrected chi connectivity index (χ4v) is 2.68. The summed E-state index contributed by atoms with van der Waals surface area (Å²) in [6.07, 6.45) is 1.39. The molecule has 0 aromatic carbocycles. The van der Waals surface area contributed by atoms with Gasteiger partial charge in [0.05, 0.1) is 12.1 Å². The summed E-state index contributed by atoms with van der Waals surface area (Å²) in [5.74, 6) is 1.49. The van der Waals surface area contributed by atoms with Gasteiger partial charge in [0, 0.05) is 12.5 Å². The number of hydrogen-bond acceptors (Lipinski definition) is 3. The first-order chi connectivity index (χ1) is 7.72. The maximum Gasteiger partial charge on any atom is 0.169 e. The van der Waals surface area contributed by atoms with Crippen molar-refractivity contribution in [2.24, 2.45) is 5.92 Å². The van der Waals surface area contributed by atoms with Crippen molar-refractivity contribution in [3.8, 4) is 0 Å². The van der Waals surface area contributed by atoms with Crippen LogP contribution < -0.4 is 5.32 Å². The van der Waals surface area contributed by atoms with E-state index in [2.05, 4.69) is 35.1 Å². The van der Waals surface area contributed by atoms with Gasteiger partial charge in [-0.05, 0) is 48.0 Å². The van der Waals surface area contributed by atoms with Crippen molar-refractivity contribution in [1.29, 1.82) is 0 Å². The highest BCUT2D eigenvalue weighted by atomic mass is 79.9. The van der Waals surface area contributed by atoms with Crippen molar-refractivity contribution < 1.29 is 9.15 Å². The Morgan fingerprint density at radius 1 is 1.56 bits per heavy atom. The van der Waals surface area contributed by atoms with Crippen molar-refractivity contribution in [2.45, 2.75) is 32.4 Å². The van der Waals surface area contributed by atoms with Gasteiger partial charge in [0.1, 0.15) is 5.76 Å². The predicted molar refractivity (Wildman–Crippen MR) is 66.3 cm³/mol. The number of rotatable bonds is 4. The van der Waals surface area contributed by atoms with Gasteiger partial charge in [0.15, 0.2) is 4.67 Å². The minimum absolute atomic E-state index is 0.258. The number of hydrogen-bond donors (Lipinski definition) is 1. The maximum atomic E-state index is 5.66. The third-order valence-corrected chi connectivity index (χ3v) is 3.61. The predicted octanol–water partition coefficient (Wildman–Crippen LogP) is 3.12. The van der Waals surface area contributed by atoms with Gasteiger partial charge >= 0.3 is 0 Å². The highest BCUT2D eigenvalue weighted by Gasteiger charge is 2.33. The minimum atomic E-state index is 0.258. The van der Waals surface area contributed by atoms with Gasteiger partial charge in [-0.15, -0.1) is 0 Å². The molecule has 1 aromatic rings. The molecule has 3 atom stereocenters. The van der Waals surface area contributed by atoms with Gasteiger partial charge in [-0.3, -0.25) is 0 Å². The lowest BCUT2D eigenvalue weighted by Crippen LogP contribution is -2.31. The third kappa shape index (κ3) is 2.50. The molecule has 2 heterocycles. The molecule has 1 fully saturated rings. The third-order valence-electron chi connectivity index (χ3n) is 3.19. The monoisotopic (exact) mass is 287 g/mol. The van der Waals surface area contributed by atoms with Crippen LogP contribution >= 0.6 is 15.9 Å². The van der Waals surface area contributed by atoms with E-state index in [-0.39, 0.29) is 6.04 Å². The van der Waals surface area contributed by atoms with Gasteiger partial charge in [-0.1, -0.05) is 6.92 Å². The van der Waals surface area contributed by atoms with E-state index in [1.807, 2.05) is 12.1 Å². The molecule has 3 nitrogen and oxygen atoms in total. The molecule has 0 aliphatic carbocycles. The first kappa shape index (κ1) is 12.1. The van der Waals surface area contributed by atoms with Crippen LogP contribution in [0.25, 0.3) is 0 Å². The van der Waals surface area contributed by atoms with E-state index >= 15 is 0 Å². The Labute approximate surface area is 105 Å². The molecule has 1 saturated heterocycles. The van der Waals surface area contributed by atoms with Crippen LogP contribution in [0.1, 0.15) is 32.1 Å². The van der Waals surface area contributed by atoms with E-state index < -0.39 is 0 Å². The smallest absolute Gasteiger partial charge is 0.169 e. The molecule has 4 heteroatoms. The lowest BCUT2D eigenvalue weighted by molar-refractivity contribution is 0.0926. The zero-order chi connectivity index (χ0) is 11.5. The molecule has 1 N–H and O–H groups in total. The van der Waals surface area contributed by atoms with Crippen LogP contribution in [0.15, 0.2) is 21.2 Å². The van der Waals surface area contributed by atoms with Gasteiger partial charge < -0.3 is 14.5 Å². The lowest BCUT2D eigenvalue weighted by Gasteiger charge is -2.24. The maximum absolute atomic E-state index is 5.66. The molecular weight excluding hydrogens is 270 g/mol. The zero-order valence-electron chi connectivity index (χ0n) is 9.70. The van der Waals surface area contributed by atoms with E-state index in [9.17, 15) is 0 Å². The Balaban J connectivity index is 2.16. The second-order valence-corrected chi connectivity index (χ2v) is 4.99. The molecule has 1 aliphatic heterocycles. The van der Waals surface area contributed by atoms with Crippen LogP contribution in [-0.2, 0) is 4.74 Å². The summed E-state index contributed by atoms with van der Waals surface area (Å²) < 4.78 is 12.1. The minimum Gasteiger partial charge on any atom is -0.453 e. The van der Waals surface area contributed by atoms with E-state index in [4.69, 9.17) is 9.15 Å². The first-order valence-corrected chi connectivity index (χ1v) is 6.62. The van der Waals surface area contributed by atoms with E-state index in [1.54, 1.807) is 0 Å². The van der Waals surface area contributed by atoms with Crippen LogP contribution in [-0.4, -0.2) is 19.3 Å². The molecular formula is C12H18BrNO2. The Kier molecular flexibility index (Phi) is 4.05. The molecule has 0 bridgehead atoms. The number of furan rings is 1. The summed E-state index contributed by atoms with van der Waals surface area (Å²) >= 11 is 3.35. The van der Waals surface area contributed by atoms with E-state index in [0.29, 0.717) is 12.0 Å². The highest BCUT2D eigenvalue weighted by Crippen LogP contribution is 2.34. The molecule has 3 unspecified atom stereocenters. The van der Waals surface area contributed by atoms with Crippen LogP contribution in [0.4, 0.5) is 0 Å². The summed E-state index contributed by atoms with van der Waals surface area (Å²) in [6, 6.07) is 4.23. The van der Waals surface area contributed by atoms with Crippen LogP contribution in [0.3, 0.4) is 0 Å². The average molecular weight is 288 g/mol. The van der Waals surface area contributed by atoms with Crippen molar-refractivity contribution in [3.63, 3.8) is 0 Å². The number of halogens is 1. The molecule has 2 rings (SSSR count). The van der Waals surface area contributed by atoms with Gasteiger partial charge in [-0.2, -0.15) is 0 Å². The fraction of sp³-hybridized carbons (Fsp3) is 0.667. The van der Waals surface area contributed by atoms with Crippen molar-refractivity contribution in [1.82, 2.24) is 5.32 Å². The average Bonchev–Trinajstić information content (AvgIpc) is 2.84. The fourth-order valence-electron chi connectivity index (χ4n) is 2.36. The van der Waals surface area contributed by atoms with E-state index in [0.717, 1.165) is 30.0 Å². The summed E-state index contributed by atoms with van der Waals surface area (Å²) in [6.45, 7) is 6.05. The summed E-state index contributed by atoms with van der Waals surface area (Å²) in [7, 11) is 0. The van der Waals surface area contributed by atoms with E-state index in [1.165, 1.54) is 0 Å². The molecule has 1 aromatic heterocycles. The quantitative estimate of drug-likeness (QED) is 0.924. The second-order valence-electron chi connectivity index (χ2n) is 4.21. The Hall–Kier alpha value is -0.320. The number of nitrogens with one attached hydrogen (secondary N) is 1. The van der Waals surface area contributed by atoms with Crippen molar-refractivity contribution in [3.05, 3.63) is 22.6 Å². The van der Waals surface area contributed by atoms with Crippen molar-refractivity contribution >= 4 is 15.9 Å². The van der Waals surface area contributed by atoms with Crippen LogP contribution in [0.5, 0.6) is 0 Å². The molecule has 90 valence electrons. The lowest BCUT2D eigenvalue weighted by atomic mass is 9.92. The van der Waals surface area contributed by atoms with Gasteiger partial charge in [0.2, 0.25) is 0 Å². The summed E-state index contributed by atoms with van der Waals surface area (Å²) in [5, 5.41) is 3.49. The Bertz CT molecular complexity index is 340. The van der Waals surface area contributed by atoms with Crippen LogP contribution in [0.2, 0.25) is 0 Å². The standard InChI is InChI=1S/C12H18BrNO2/c1-3-14-12(9-6-7-15-8(9)2)10-4-5-11(13)16-10/h4-5,8-9,12,14H,3,6-7H2,1-2H3. The Morgan fingerprint density at radius 3 is 2.88 bits per heavy atom. The largest absolute Gasteiger partial charge is 0.453 e. The second kappa shape index (κ2) is 5.34. The molecule has 0 spiro atoms. The Morgan fingerprint density at radius 2 is 2.38 bits per heavy atom. The topological polar surface area (TPSA) is 34.4 Å². The SMILES string of the molecule is CCNC(c1ccc(Br)o1)C1CCOC1C.